The number of hydrogen-bond acceptors (Lipinski definition) is 4. The van der Waals surface area contributed by atoms with Crippen molar-refractivity contribution < 1.29 is 9.53 Å². The van der Waals surface area contributed by atoms with Crippen molar-refractivity contribution in [2.75, 3.05) is 19.4 Å². The lowest BCUT2D eigenvalue weighted by Gasteiger charge is -2.28. The molecule has 118 valence electrons. The number of ether oxygens (including phenoxy) is 1. The van der Waals surface area contributed by atoms with E-state index in [0.29, 0.717) is 0 Å². The molecule has 0 radical (unpaired) electrons. The van der Waals surface area contributed by atoms with Crippen LogP contribution in [0.2, 0.25) is 0 Å². The van der Waals surface area contributed by atoms with Crippen LogP contribution in [0.4, 0.5) is 0 Å². The molecule has 0 aromatic heterocycles. The Morgan fingerprint density at radius 3 is 2.86 bits per heavy atom. The molecule has 5 heteroatoms. The second-order valence-corrected chi connectivity index (χ2v) is 7.24. The van der Waals surface area contributed by atoms with Crippen molar-refractivity contribution in [2.45, 2.75) is 43.5 Å². The summed E-state index contributed by atoms with van der Waals surface area (Å²) in [4.78, 5) is 13.2. The lowest BCUT2D eigenvalue weighted by atomic mass is 9.96. The molecular formula is C16H24BrNO2S. The fraction of sp³-hybridized carbons (Fsp3) is 0.562. The number of rotatable bonds is 9. The summed E-state index contributed by atoms with van der Waals surface area (Å²) in [5, 5.41) is 3.31. The van der Waals surface area contributed by atoms with Crippen LogP contribution in [0.5, 0.6) is 0 Å². The lowest BCUT2D eigenvalue weighted by molar-refractivity contribution is -0.148. The van der Waals surface area contributed by atoms with Gasteiger partial charge < -0.3 is 10.1 Å². The van der Waals surface area contributed by atoms with Crippen molar-refractivity contribution >= 4 is 33.7 Å². The second kappa shape index (κ2) is 9.49. The van der Waals surface area contributed by atoms with Crippen molar-refractivity contribution in [2.24, 2.45) is 0 Å². The number of halogens is 1. The summed E-state index contributed by atoms with van der Waals surface area (Å²) < 4.78 is 6.02. The van der Waals surface area contributed by atoms with E-state index in [9.17, 15) is 4.79 Å². The molecule has 1 atom stereocenters. The third-order valence-corrected chi connectivity index (χ3v) is 4.86. The third-order valence-electron chi connectivity index (χ3n) is 3.29. The molecule has 0 saturated carbocycles. The molecule has 21 heavy (non-hydrogen) atoms. The van der Waals surface area contributed by atoms with Gasteiger partial charge in [0.05, 0.1) is 7.11 Å². The molecule has 1 aromatic carbocycles. The van der Waals surface area contributed by atoms with Crippen LogP contribution in [0.15, 0.2) is 33.6 Å². The summed E-state index contributed by atoms with van der Waals surface area (Å²) in [6.07, 6.45) is 2.74. The average Bonchev–Trinajstić information content (AvgIpc) is 2.49. The highest BCUT2D eigenvalue weighted by atomic mass is 79.9. The van der Waals surface area contributed by atoms with Crippen LogP contribution in [0.25, 0.3) is 0 Å². The molecule has 1 aromatic rings. The van der Waals surface area contributed by atoms with E-state index in [1.54, 1.807) is 0 Å². The maximum absolute atomic E-state index is 12.0. The molecule has 0 amide bonds. The van der Waals surface area contributed by atoms with Gasteiger partial charge in [-0.25, -0.2) is 0 Å². The first-order valence-corrected chi connectivity index (χ1v) is 9.01. The van der Waals surface area contributed by atoms with Crippen LogP contribution in [-0.4, -0.2) is 30.9 Å². The van der Waals surface area contributed by atoms with Crippen molar-refractivity contribution in [3.05, 3.63) is 28.7 Å². The summed E-state index contributed by atoms with van der Waals surface area (Å²) in [6.45, 7) is 4.84. The molecule has 0 heterocycles. The first-order chi connectivity index (χ1) is 10.0. The highest BCUT2D eigenvalue weighted by molar-refractivity contribution is 9.10. The van der Waals surface area contributed by atoms with E-state index in [4.69, 9.17) is 4.74 Å². The Bertz CT molecular complexity index is 456. The number of carbonyl (C=O) groups is 1. The first-order valence-electron chi connectivity index (χ1n) is 7.23. The lowest BCUT2D eigenvalue weighted by Crippen LogP contribution is -2.50. The molecule has 0 bridgehead atoms. The topological polar surface area (TPSA) is 38.3 Å². The molecule has 0 aliphatic carbocycles. The largest absolute Gasteiger partial charge is 0.468 e. The van der Waals surface area contributed by atoms with Crippen molar-refractivity contribution in [1.29, 1.82) is 0 Å². The molecule has 1 N–H and O–H groups in total. The van der Waals surface area contributed by atoms with Crippen LogP contribution < -0.4 is 5.32 Å². The quantitative estimate of drug-likeness (QED) is 0.398. The number of esters is 1. The van der Waals surface area contributed by atoms with Gasteiger partial charge in [0.2, 0.25) is 0 Å². The van der Waals surface area contributed by atoms with Crippen LogP contribution in [0.1, 0.15) is 33.1 Å². The fourth-order valence-corrected chi connectivity index (χ4v) is 3.52. The Balaban J connectivity index is 2.44. The van der Waals surface area contributed by atoms with Gasteiger partial charge in [-0.2, -0.15) is 0 Å². The van der Waals surface area contributed by atoms with E-state index < -0.39 is 5.54 Å². The molecule has 0 aliphatic heterocycles. The number of hydrogen-bond donors (Lipinski definition) is 1. The summed E-state index contributed by atoms with van der Waals surface area (Å²) in [5.41, 5.74) is -0.581. The molecule has 0 saturated heterocycles. The molecule has 0 fully saturated rings. The number of methoxy groups -OCH3 is 1. The van der Waals surface area contributed by atoms with Crippen LogP contribution in [-0.2, 0) is 9.53 Å². The zero-order valence-corrected chi connectivity index (χ0v) is 15.4. The van der Waals surface area contributed by atoms with Crippen LogP contribution >= 0.6 is 27.7 Å². The van der Waals surface area contributed by atoms with Gasteiger partial charge in [0.1, 0.15) is 5.54 Å². The van der Waals surface area contributed by atoms with E-state index >= 15 is 0 Å². The summed E-state index contributed by atoms with van der Waals surface area (Å²) in [5.74, 6) is 0.806. The van der Waals surface area contributed by atoms with Gasteiger partial charge in [0.15, 0.2) is 0 Å². The number of nitrogens with one attached hydrogen (secondary N) is 1. The number of thioether (sulfide) groups is 1. The van der Waals surface area contributed by atoms with Gasteiger partial charge >= 0.3 is 5.97 Å². The van der Waals surface area contributed by atoms with Crippen LogP contribution in [0.3, 0.4) is 0 Å². The van der Waals surface area contributed by atoms with Crippen LogP contribution in [0, 0.1) is 0 Å². The predicted molar refractivity (Wildman–Crippen MR) is 92.8 cm³/mol. The Morgan fingerprint density at radius 2 is 2.24 bits per heavy atom. The fourth-order valence-electron chi connectivity index (χ4n) is 2.06. The van der Waals surface area contributed by atoms with E-state index in [1.165, 1.54) is 12.0 Å². The van der Waals surface area contributed by atoms with Gasteiger partial charge in [-0.15, -0.1) is 11.8 Å². The van der Waals surface area contributed by atoms with E-state index in [1.807, 2.05) is 30.8 Å². The average molecular weight is 374 g/mol. The zero-order chi connectivity index (χ0) is 15.7. The minimum absolute atomic E-state index is 0.177. The van der Waals surface area contributed by atoms with Gasteiger partial charge in [-0.05, 0) is 56.7 Å². The third kappa shape index (κ3) is 6.41. The van der Waals surface area contributed by atoms with Gasteiger partial charge in [-0.1, -0.05) is 28.9 Å². The Morgan fingerprint density at radius 1 is 1.48 bits per heavy atom. The standard InChI is InChI=1S/C16H24BrNO2S/c1-4-10-18-16(2,15(19)20-3)9-6-11-21-14-8-5-7-13(17)12-14/h5,7-8,12,18H,4,6,9-11H2,1-3H3. The maximum atomic E-state index is 12.0. The minimum Gasteiger partial charge on any atom is -0.468 e. The van der Waals surface area contributed by atoms with Crippen molar-refractivity contribution in [3.63, 3.8) is 0 Å². The monoisotopic (exact) mass is 373 g/mol. The molecule has 0 aliphatic rings. The Labute approximate surface area is 140 Å². The van der Waals surface area contributed by atoms with Crippen molar-refractivity contribution in [1.82, 2.24) is 5.32 Å². The Hall–Kier alpha value is -0.520. The Kier molecular flexibility index (Phi) is 8.37. The highest BCUT2D eigenvalue weighted by Crippen LogP contribution is 2.24. The SMILES string of the molecule is CCCNC(C)(CCCSc1cccc(Br)c1)C(=O)OC. The van der Waals surface area contributed by atoms with Gasteiger partial charge in [0.25, 0.3) is 0 Å². The minimum atomic E-state index is -0.581. The molecule has 0 spiro atoms. The molecular weight excluding hydrogens is 350 g/mol. The smallest absolute Gasteiger partial charge is 0.325 e. The maximum Gasteiger partial charge on any atom is 0.325 e. The van der Waals surface area contributed by atoms with E-state index in [2.05, 4.69) is 40.3 Å². The van der Waals surface area contributed by atoms with Gasteiger partial charge in [0, 0.05) is 9.37 Å². The zero-order valence-electron chi connectivity index (χ0n) is 12.9. The predicted octanol–water partition coefficient (Wildman–Crippen LogP) is 4.25. The van der Waals surface area contributed by atoms with Crippen molar-refractivity contribution in [3.8, 4) is 0 Å². The van der Waals surface area contributed by atoms with E-state index in [0.717, 1.165) is 36.0 Å². The highest BCUT2D eigenvalue weighted by Gasteiger charge is 2.32. The van der Waals surface area contributed by atoms with E-state index in [-0.39, 0.29) is 5.97 Å². The summed E-state index contributed by atoms with van der Waals surface area (Å²) in [7, 11) is 1.45. The number of carbonyl (C=O) groups excluding carboxylic acids is 1. The van der Waals surface area contributed by atoms with Gasteiger partial charge in [-0.3, -0.25) is 4.79 Å². The summed E-state index contributed by atoms with van der Waals surface area (Å²) >= 11 is 5.28. The summed E-state index contributed by atoms with van der Waals surface area (Å²) in [6, 6.07) is 8.27. The first kappa shape index (κ1) is 18.5. The second-order valence-electron chi connectivity index (χ2n) is 5.16. The number of benzene rings is 1. The molecule has 3 nitrogen and oxygen atoms in total. The molecule has 1 rings (SSSR count). The normalized spacial score (nSPS) is 13.7. The molecule has 1 unspecified atom stereocenters.